The Morgan fingerprint density at radius 1 is 1.12 bits per heavy atom. The van der Waals surface area contributed by atoms with Crippen molar-refractivity contribution in [1.29, 1.82) is 0 Å². The summed E-state index contributed by atoms with van der Waals surface area (Å²) in [5, 5.41) is 1.27. The molecule has 128 valence electrons. The summed E-state index contributed by atoms with van der Waals surface area (Å²) in [5.41, 5.74) is 3.61. The molecule has 0 saturated carbocycles. The fourth-order valence-electron chi connectivity index (χ4n) is 2.48. The molecule has 7 heteroatoms. The van der Waals surface area contributed by atoms with Crippen molar-refractivity contribution in [2.45, 2.75) is 20.0 Å². The predicted molar refractivity (Wildman–Crippen MR) is 91.4 cm³/mol. The van der Waals surface area contributed by atoms with Crippen molar-refractivity contribution in [3.63, 3.8) is 0 Å². The number of benzene rings is 2. The Bertz CT molecular complexity index is 846. The third-order valence-corrected chi connectivity index (χ3v) is 4.06. The Kier molecular flexibility index (Phi) is 4.46. The van der Waals surface area contributed by atoms with Crippen LogP contribution in [-0.4, -0.2) is 28.8 Å². The van der Waals surface area contributed by atoms with Crippen LogP contribution in [0.2, 0.25) is 5.02 Å². The summed E-state index contributed by atoms with van der Waals surface area (Å²) in [5.74, 6) is -1.24. The number of imide groups is 1. The normalized spacial score (nSPS) is 14.3. The number of rotatable bonds is 4. The van der Waals surface area contributed by atoms with Crippen molar-refractivity contribution in [2.75, 3.05) is 0 Å². The van der Waals surface area contributed by atoms with Crippen LogP contribution in [0.4, 0.5) is 0 Å². The van der Waals surface area contributed by atoms with E-state index in [1.165, 1.54) is 6.92 Å². The fraction of sp³-hybridized carbons (Fsp3) is 0.167. The van der Waals surface area contributed by atoms with E-state index in [1.807, 2.05) is 0 Å². The molecule has 1 aliphatic rings. The van der Waals surface area contributed by atoms with Crippen LogP contribution in [0.25, 0.3) is 0 Å². The molecular weight excluding hydrogens is 344 g/mol. The highest BCUT2D eigenvalue weighted by atomic mass is 35.5. The van der Waals surface area contributed by atoms with Crippen LogP contribution in [0.3, 0.4) is 0 Å². The van der Waals surface area contributed by atoms with E-state index in [0.29, 0.717) is 15.8 Å². The van der Waals surface area contributed by atoms with Gasteiger partial charge in [0.2, 0.25) is 0 Å². The number of nitrogens with one attached hydrogen (secondary N) is 1. The van der Waals surface area contributed by atoms with Crippen LogP contribution in [-0.2, 0) is 4.79 Å². The highest BCUT2D eigenvalue weighted by Crippen LogP contribution is 2.23. The number of fused-ring (bicyclic) bond motifs is 1. The molecule has 1 atom stereocenters. The lowest BCUT2D eigenvalue weighted by molar-refractivity contribution is -0.130. The van der Waals surface area contributed by atoms with Gasteiger partial charge in [-0.2, -0.15) is 5.01 Å². The highest BCUT2D eigenvalue weighted by molar-refractivity contribution is 6.30. The maximum Gasteiger partial charge on any atom is 0.280 e. The summed E-state index contributed by atoms with van der Waals surface area (Å²) in [6.45, 7) is 3.33. The average Bonchev–Trinajstić information content (AvgIpc) is 2.82. The zero-order valence-corrected chi connectivity index (χ0v) is 14.3. The molecule has 0 saturated heterocycles. The van der Waals surface area contributed by atoms with E-state index in [2.05, 4.69) is 5.43 Å². The molecule has 3 amide bonds. The molecule has 0 unspecified atom stereocenters. The smallest absolute Gasteiger partial charge is 0.280 e. The molecule has 0 fully saturated rings. The van der Waals surface area contributed by atoms with Crippen molar-refractivity contribution >= 4 is 29.3 Å². The zero-order chi connectivity index (χ0) is 18.1. The summed E-state index contributed by atoms with van der Waals surface area (Å²) in [4.78, 5) is 36.8. The minimum Gasteiger partial charge on any atom is -0.481 e. The Morgan fingerprint density at radius 2 is 1.72 bits per heavy atom. The molecule has 0 bridgehead atoms. The van der Waals surface area contributed by atoms with E-state index >= 15 is 0 Å². The van der Waals surface area contributed by atoms with Gasteiger partial charge in [-0.1, -0.05) is 23.7 Å². The zero-order valence-electron chi connectivity index (χ0n) is 13.6. The van der Waals surface area contributed by atoms with Crippen molar-refractivity contribution in [1.82, 2.24) is 10.4 Å². The van der Waals surface area contributed by atoms with Crippen LogP contribution in [0.1, 0.15) is 33.2 Å². The molecule has 0 aliphatic carbocycles. The van der Waals surface area contributed by atoms with Gasteiger partial charge in [-0.05, 0) is 49.7 Å². The predicted octanol–water partition coefficient (Wildman–Crippen LogP) is 2.74. The Labute approximate surface area is 149 Å². The van der Waals surface area contributed by atoms with Crippen LogP contribution in [0, 0.1) is 6.92 Å². The summed E-state index contributed by atoms with van der Waals surface area (Å²) < 4.78 is 5.60. The number of hydrogen-bond donors (Lipinski definition) is 1. The molecule has 1 heterocycles. The van der Waals surface area contributed by atoms with Crippen LogP contribution >= 0.6 is 11.6 Å². The van der Waals surface area contributed by atoms with Crippen molar-refractivity contribution < 1.29 is 19.1 Å². The third kappa shape index (κ3) is 3.21. The number of amides is 3. The molecule has 3 rings (SSSR count). The monoisotopic (exact) mass is 358 g/mol. The topological polar surface area (TPSA) is 75.7 Å². The molecule has 1 N–H and O–H groups in total. The Morgan fingerprint density at radius 3 is 2.28 bits per heavy atom. The van der Waals surface area contributed by atoms with Gasteiger partial charge in [0.05, 0.1) is 11.1 Å². The van der Waals surface area contributed by atoms with Gasteiger partial charge in [-0.25, -0.2) is 0 Å². The lowest BCUT2D eigenvalue weighted by atomic mass is 10.1. The number of aryl methyl sites for hydroxylation is 1. The molecule has 0 spiro atoms. The highest BCUT2D eigenvalue weighted by Gasteiger charge is 2.37. The average molecular weight is 359 g/mol. The number of halogens is 1. The van der Waals surface area contributed by atoms with E-state index < -0.39 is 23.8 Å². The van der Waals surface area contributed by atoms with Gasteiger partial charge in [0.15, 0.2) is 6.10 Å². The van der Waals surface area contributed by atoms with Gasteiger partial charge < -0.3 is 4.74 Å². The molecule has 0 aromatic heterocycles. The summed E-state index contributed by atoms with van der Waals surface area (Å²) in [6, 6.07) is 11.4. The van der Waals surface area contributed by atoms with Crippen LogP contribution in [0.5, 0.6) is 5.75 Å². The number of carbonyl (C=O) groups excluding carboxylic acids is 3. The van der Waals surface area contributed by atoms with E-state index in [9.17, 15) is 14.4 Å². The molecular formula is C18H15ClN2O4. The first-order chi connectivity index (χ1) is 11.9. The largest absolute Gasteiger partial charge is 0.481 e. The second-order valence-electron chi connectivity index (χ2n) is 5.64. The quantitative estimate of drug-likeness (QED) is 0.853. The molecule has 1 aliphatic heterocycles. The first-order valence-corrected chi connectivity index (χ1v) is 7.97. The summed E-state index contributed by atoms with van der Waals surface area (Å²) >= 11 is 5.89. The van der Waals surface area contributed by atoms with Crippen LogP contribution in [0.15, 0.2) is 42.5 Å². The fourth-order valence-corrected chi connectivity index (χ4v) is 2.71. The molecule has 2 aromatic carbocycles. The lowest BCUT2D eigenvalue weighted by Gasteiger charge is -2.20. The lowest BCUT2D eigenvalue weighted by Crippen LogP contribution is -2.50. The maximum atomic E-state index is 12.3. The van der Waals surface area contributed by atoms with Gasteiger partial charge in [-0.15, -0.1) is 0 Å². The Balaban J connectivity index is 1.70. The standard InChI is InChI=1S/C18H15ClN2O4/c1-10-9-12(19)7-8-15(10)25-11(2)16(22)20-21-17(23)13-5-3-4-6-14(13)18(21)24/h3-9,11H,1-2H3,(H,20,22)/t11-/m1/s1. The summed E-state index contributed by atoms with van der Waals surface area (Å²) in [7, 11) is 0. The minimum absolute atomic E-state index is 0.259. The minimum atomic E-state index is -0.913. The molecule has 6 nitrogen and oxygen atoms in total. The number of nitrogens with zero attached hydrogens (tertiary/aromatic N) is 1. The number of ether oxygens (including phenoxy) is 1. The van der Waals surface area contributed by atoms with E-state index in [-0.39, 0.29) is 11.1 Å². The number of hydrazine groups is 1. The summed E-state index contributed by atoms with van der Waals surface area (Å²) in [6.07, 6.45) is -0.913. The Hall–Kier alpha value is -2.86. The SMILES string of the molecule is Cc1cc(Cl)ccc1O[C@H](C)C(=O)NN1C(=O)c2ccccc2C1=O. The number of carbonyl (C=O) groups is 3. The first kappa shape index (κ1) is 17.0. The molecule has 25 heavy (non-hydrogen) atoms. The van der Waals surface area contributed by atoms with E-state index in [0.717, 1.165) is 5.56 Å². The number of hydrogen-bond acceptors (Lipinski definition) is 4. The maximum absolute atomic E-state index is 12.3. The molecule has 0 radical (unpaired) electrons. The van der Waals surface area contributed by atoms with Gasteiger partial charge in [-0.3, -0.25) is 19.8 Å². The molecule has 2 aromatic rings. The second kappa shape index (κ2) is 6.57. The van der Waals surface area contributed by atoms with E-state index in [1.54, 1.807) is 49.4 Å². The van der Waals surface area contributed by atoms with Crippen molar-refractivity contribution in [3.05, 3.63) is 64.2 Å². The van der Waals surface area contributed by atoms with Crippen molar-refractivity contribution in [2.24, 2.45) is 0 Å². The van der Waals surface area contributed by atoms with Gasteiger partial charge in [0.25, 0.3) is 17.7 Å². The van der Waals surface area contributed by atoms with Gasteiger partial charge >= 0.3 is 0 Å². The van der Waals surface area contributed by atoms with Gasteiger partial charge in [0.1, 0.15) is 5.75 Å². The van der Waals surface area contributed by atoms with Crippen LogP contribution < -0.4 is 10.2 Å². The second-order valence-corrected chi connectivity index (χ2v) is 6.07. The first-order valence-electron chi connectivity index (χ1n) is 7.59. The van der Waals surface area contributed by atoms with Crippen molar-refractivity contribution in [3.8, 4) is 5.75 Å². The van der Waals surface area contributed by atoms with E-state index in [4.69, 9.17) is 16.3 Å². The van der Waals surface area contributed by atoms with Gasteiger partial charge in [0, 0.05) is 5.02 Å². The third-order valence-electron chi connectivity index (χ3n) is 3.83.